The zero-order valence-electron chi connectivity index (χ0n) is 13.6. The smallest absolute Gasteiger partial charge is 0.450 e. The van der Waals surface area contributed by atoms with Crippen LogP contribution in [0.1, 0.15) is 0 Å². The fraction of sp³-hybridized carbons (Fsp3) is 0.167. The highest BCUT2D eigenvalue weighted by molar-refractivity contribution is 9.10. The first kappa shape index (κ1) is 19.8. The summed E-state index contributed by atoms with van der Waals surface area (Å²) in [6.07, 6.45) is -4.76. The number of nitrogens with one attached hydrogen (secondary N) is 1. The van der Waals surface area contributed by atoms with Crippen LogP contribution >= 0.6 is 27.7 Å². The number of benzene rings is 2. The Kier molecular flexibility index (Phi) is 5.81. The van der Waals surface area contributed by atoms with Crippen LogP contribution in [0.3, 0.4) is 0 Å². The van der Waals surface area contributed by atoms with Crippen molar-refractivity contribution in [1.29, 1.82) is 0 Å². The minimum absolute atomic E-state index is 0.120. The second-order valence-electron chi connectivity index (χ2n) is 5.48. The Morgan fingerprint density at radius 2 is 1.93 bits per heavy atom. The van der Waals surface area contributed by atoms with E-state index in [1.54, 1.807) is 24.3 Å². The van der Waals surface area contributed by atoms with Crippen molar-refractivity contribution in [3.8, 4) is 11.1 Å². The predicted octanol–water partition coefficient (Wildman–Crippen LogP) is 5.73. The van der Waals surface area contributed by atoms with Gasteiger partial charge >= 0.3 is 6.18 Å². The Balaban J connectivity index is 1.95. The van der Waals surface area contributed by atoms with E-state index in [1.165, 1.54) is 18.2 Å². The van der Waals surface area contributed by atoms with Crippen molar-refractivity contribution in [2.75, 3.05) is 17.7 Å². The maximum atomic E-state index is 13.8. The van der Waals surface area contributed by atoms with Gasteiger partial charge in [0.2, 0.25) is 5.76 Å². The van der Waals surface area contributed by atoms with Crippen molar-refractivity contribution in [3.63, 3.8) is 0 Å². The molecule has 142 valence electrons. The molecule has 1 aliphatic rings. The average molecular weight is 462 g/mol. The van der Waals surface area contributed by atoms with Gasteiger partial charge in [-0.25, -0.2) is 4.39 Å². The summed E-state index contributed by atoms with van der Waals surface area (Å²) in [5.74, 6) is -2.46. The van der Waals surface area contributed by atoms with Crippen LogP contribution in [0.4, 0.5) is 23.2 Å². The zero-order valence-corrected chi connectivity index (χ0v) is 16.0. The molecule has 0 radical (unpaired) electrons. The van der Waals surface area contributed by atoms with Gasteiger partial charge in [-0.1, -0.05) is 24.3 Å². The van der Waals surface area contributed by atoms with Crippen molar-refractivity contribution in [2.24, 2.45) is 0 Å². The molecule has 0 aromatic heterocycles. The van der Waals surface area contributed by atoms with Crippen LogP contribution in [0.2, 0.25) is 0 Å². The average Bonchev–Trinajstić information content (AvgIpc) is 2.64. The summed E-state index contributed by atoms with van der Waals surface area (Å²) in [5, 5.41) is 2.48. The van der Waals surface area contributed by atoms with Crippen LogP contribution in [-0.4, -0.2) is 24.4 Å². The Labute approximate surface area is 164 Å². The number of hydrogen-bond donors (Lipinski definition) is 1. The van der Waals surface area contributed by atoms with E-state index < -0.39 is 28.6 Å². The Hall–Kier alpha value is -2.00. The number of hydrogen-bond acceptors (Lipinski definition) is 3. The summed E-state index contributed by atoms with van der Waals surface area (Å²) < 4.78 is 58.1. The van der Waals surface area contributed by atoms with Gasteiger partial charge < -0.3 is 10.1 Å². The predicted molar refractivity (Wildman–Crippen MR) is 99.7 cm³/mol. The molecule has 3 rings (SSSR count). The molecule has 0 aliphatic carbocycles. The van der Waals surface area contributed by atoms with E-state index in [1.807, 2.05) is 0 Å². The molecule has 1 aliphatic heterocycles. The molecule has 1 N–H and O–H groups in total. The minimum atomic E-state index is -4.76. The monoisotopic (exact) mass is 461 g/mol. The molecule has 9 heteroatoms. The standard InChI is InChI=1S/C18H12BrF4NO2S/c19-12-6-5-10(9-13(12)20)11-3-1-2-4-14(11)24-17(25)15-16(18(21,22)23)26-7-8-27-15/h1-6,9H,7-8H2,(H,24,25). The van der Waals surface area contributed by atoms with Crippen molar-refractivity contribution in [3.05, 3.63) is 63.4 Å². The normalized spacial score (nSPS) is 14.7. The van der Waals surface area contributed by atoms with Crippen LogP contribution < -0.4 is 5.32 Å². The quantitative estimate of drug-likeness (QED) is 0.593. The largest absolute Gasteiger partial charge is 0.487 e. The van der Waals surface area contributed by atoms with E-state index >= 15 is 0 Å². The molecule has 0 fully saturated rings. The fourth-order valence-corrected chi connectivity index (χ4v) is 3.59. The van der Waals surface area contributed by atoms with Crippen LogP contribution in [0.25, 0.3) is 11.1 Å². The summed E-state index contributed by atoms with van der Waals surface area (Å²) in [5.41, 5.74) is 1.22. The molecule has 27 heavy (non-hydrogen) atoms. The first-order valence-corrected chi connectivity index (χ1v) is 9.48. The number of amides is 1. The van der Waals surface area contributed by atoms with Gasteiger partial charge in [0.15, 0.2) is 0 Å². The number of para-hydroxylation sites is 1. The third-order valence-electron chi connectivity index (χ3n) is 3.65. The van der Waals surface area contributed by atoms with Gasteiger partial charge in [0.1, 0.15) is 10.7 Å². The summed E-state index contributed by atoms with van der Waals surface area (Å²) >= 11 is 3.85. The topological polar surface area (TPSA) is 38.3 Å². The van der Waals surface area contributed by atoms with Gasteiger partial charge in [-0.3, -0.25) is 4.79 Å². The zero-order chi connectivity index (χ0) is 19.6. The Morgan fingerprint density at radius 3 is 2.63 bits per heavy atom. The fourth-order valence-electron chi connectivity index (χ4n) is 2.48. The second-order valence-corrected chi connectivity index (χ2v) is 7.44. The SMILES string of the molecule is O=C(Nc1ccccc1-c1ccc(Br)c(F)c1)C1=C(C(F)(F)F)OCCS1. The number of ether oxygens (including phenoxy) is 1. The lowest BCUT2D eigenvalue weighted by molar-refractivity contribution is -0.133. The summed E-state index contributed by atoms with van der Waals surface area (Å²) in [4.78, 5) is 12.0. The minimum Gasteiger partial charge on any atom is -0.487 e. The van der Waals surface area contributed by atoms with E-state index in [0.717, 1.165) is 11.8 Å². The number of rotatable bonds is 3. The molecule has 0 atom stereocenters. The van der Waals surface area contributed by atoms with Gasteiger partial charge in [0.25, 0.3) is 5.91 Å². The van der Waals surface area contributed by atoms with E-state index in [-0.39, 0.29) is 22.5 Å². The van der Waals surface area contributed by atoms with E-state index in [0.29, 0.717) is 11.1 Å². The van der Waals surface area contributed by atoms with Crippen LogP contribution in [-0.2, 0) is 9.53 Å². The molecule has 3 nitrogen and oxygen atoms in total. The molecule has 0 saturated heterocycles. The number of thioether (sulfide) groups is 1. The third-order valence-corrected chi connectivity index (χ3v) is 5.33. The number of carbonyl (C=O) groups excluding carboxylic acids is 1. The summed E-state index contributed by atoms with van der Waals surface area (Å²) in [7, 11) is 0. The van der Waals surface area contributed by atoms with Gasteiger partial charge in [-0.2, -0.15) is 13.2 Å². The lowest BCUT2D eigenvalue weighted by atomic mass is 10.0. The van der Waals surface area contributed by atoms with Crippen LogP contribution in [0.15, 0.2) is 57.6 Å². The van der Waals surface area contributed by atoms with Gasteiger partial charge in [0.05, 0.1) is 11.1 Å². The summed E-state index contributed by atoms with van der Waals surface area (Å²) in [6.45, 7) is -0.120. The van der Waals surface area contributed by atoms with Crippen LogP contribution in [0.5, 0.6) is 0 Å². The van der Waals surface area contributed by atoms with Gasteiger partial charge in [-0.15, -0.1) is 11.8 Å². The lowest BCUT2D eigenvalue weighted by Gasteiger charge is -2.22. The molecule has 0 bridgehead atoms. The molecule has 0 saturated carbocycles. The molecule has 0 spiro atoms. The molecule has 2 aromatic carbocycles. The van der Waals surface area contributed by atoms with Crippen LogP contribution in [0, 0.1) is 5.82 Å². The third kappa shape index (κ3) is 4.47. The maximum Gasteiger partial charge on any atom is 0.450 e. The number of halogens is 5. The maximum absolute atomic E-state index is 13.8. The van der Waals surface area contributed by atoms with E-state index in [2.05, 4.69) is 26.0 Å². The first-order chi connectivity index (χ1) is 12.8. The number of anilines is 1. The molecule has 1 heterocycles. The van der Waals surface area contributed by atoms with Crippen molar-refractivity contribution >= 4 is 39.3 Å². The first-order valence-electron chi connectivity index (χ1n) is 7.70. The summed E-state index contributed by atoms with van der Waals surface area (Å²) in [6, 6.07) is 10.9. The Bertz CT molecular complexity index is 914. The number of carbonyl (C=O) groups is 1. The number of allylic oxidation sites excluding steroid dienone is 1. The highest BCUT2D eigenvalue weighted by atomic mass is 79.9. The van der Waals surface area contributed by atoms with Crippen molar-refractivity contribution in [1.82, 2.24) is 0 Å². The molecule has 1 amide bonds. The number of alkyl halides is 3. The molecular weight excluding hydrogens is 450 g/mol. The lowest BCUT2D eigenvalue weighted by Crippen LogP contribution is -2.26. The van der Waals surface area contributed by atoms with Gasteiger partial charge in [-0.05, 0) is 39.7 Å². The van der Waals surface area contributed by atoms with Crippen molar-refractivity contribution in [2.45, 2.75) is 6.18 Å². The van der Waals surface area contributed by atoms with Gasteiger partial charge in [0, 0.05) is 17.0 Å². The molecule has 2 aromatic rings. The second kappa shape index (κ2) is 7.93. The van der Waals surface area contributed by atoms with E-state index in [4.69, 9.17) is 0 Å². The van der Waals surface area contributed by atoms with Crippen molar-refractivity contribution < 1.29 is 27.1 Å². The molecular formula is C18H12BrF4NO2S. The Morgan fingerprint density at radius 1 is 1.19 bits per heavy atom. The van der Waals surface area contributed by atoms with E-state index in [9.17, 15) is 22.4 Å². The molecule has 0 unspecified atom stereocenters. The highest BCUT2D eigenvalue weighted by Gasteiger charge is 2.42. The highest BCUT2D eigenvalue weighted by Crippen LogP contribution is 2.38.